The van der Waals surface area contributed by atoms with Gasteiger partial charge in [0.1, 0.15) is 18.1 Å². The first kappa shape index (κ1) is 10.7. The highest BCUT2D eigenvalue weighted by Gasteiger charge is 2.02. The Bertz CT molecular complexity index is 346. The van der Waals surface area contributed by atoms with Crippen LogP contribution in [-0.4, -0.2) is 13.7 Å². The summed E-state index contributed by atoms with van der Waals surface area (Å²) in [5, 5.41) is 8.80. The summed E-state index contributed by atoms with van der Waals surface area (Å²) in [5.41, 5.74) is 0. The van der Waals surface area contributed by atoms with Gasteiger partial charge in [0, 0.05) is 6.07 Å². The lowest BCUT2D eigenvalue weighted by Gasteiger charge is -2.07. The summed E-state index contributed by atoms with van der Waals surface area (Å²) in [5.74, 6) is 1.25. The fraction of sp³-hybridized carbons (Fsp3) is 0.300. The third-order valence-electron chi connectivity index (χ3n) is 1.61. The van der Waals surface area contributed by atoms with Crippen molar-refractivity contribution in [1.82, 2.24) is 0 Å². The van der Waals surface area contributed by atoms with Crippen LogP contribution in [-0.2, 0) is 0 Å². The maximum absolute atomic E-state index is 8.31. The zero-order valence-corrected chi connectivity index (χ0v) is 8.54. The number of hydrogen-bond donors (Lipinski definition) is 0. The summed E-state index contributed by atoms with van der Waals surface area (Å²) in [6.45, 7) is 0.350. The second-order valence-corrected chi connectivity index (χ2v) is 2.96. The second kappa shape index (κ2) is 5.36. The van der Waals surface area contributed by atoms with Crippen LogP contribution in [0.25, 0.3) is 0 Å². The van der Waals surface area contributed by atoms with Gasteiger partial charge in [0.05, 0.1) is 24.6 Å². The number of nitrogens with zero attached hydrogens (tertiary/aromatic N) is 1. The zero-order valence-electron chi connectivity index (χ0n) is 7.79. The molecule has 1 aromatic carbocycles. The smallest absolute Gasteiger partial charge is 0.138 e. The summed E-state index contributed by atoms with van der Waals surface area (Å²) in [4.78, 5) is 0. The van der Waals surface area contributed by atoms with E-state index in [4.69, 9.17) is 26.3 Å². The Morgan fingerprint density at radius 1 is 1.50 bits per heavy atom. The van der Waals surface area contributed by atoms with E-state index in [2.05, 4.69) is 0 Å². The van der Waals surface area contributed by atoms with Gasteiger partial charge in [0.15, 0.2) is 0 Å². The molecule has 0 saturated heterocycles. The molecular weight excluding hydrogens is 202 g/mol. The molecule has 74 valence electrons. The lowest BCUT2D eigenvalue weighted by molar-refractivity contribution is 0.326. The van der Waals surface area contributed by atoms with Crippen LogP contribution in [0.5, 0.6) is 11.5 Å². The molecular formula is C10H10ClNO2. The Hall–Kier alpha value is -1.40. The topological polar surface area (TPSA) is 42.2 Å². The molecule has 0 amide bonds. The van der Waals surface area contributed by atoms with Crippen molar-refractivity contribution in [1.29, 1.82) is 5.26 Å². The van der Waals surface area contributed by atoms with Gasteiger partial charge in [-0.3, -0.25) is 0 Å². The van der Waals surface area contributed by atoms with Crippen molar-refractivity contribution in [3.8, 4) is 17.6 Å². The number of halogens is 1. The highest BCUT2D eigenvalue weighted by Crippen LogP contribution is 2.28. The minimum absolute atomic E-state index is 0.350. The Labute approximate surface area is 87.8 Å². The Kier molecular flexibility index (Phi) is 4.09. The SMILES string of the molecule is COc1ccc(OCCC#N)c(Cl)c1. The van der Waals surface area contributed by atoms with E-state index >= 15 is 0 Å². The Morgan fingerprint density at radius 2 is 2.29 bits per heavy atom. The average molecular weight is 212 g/mol. The van der Waals surface area contributed by atoms with Crippen LogP contribution in [0.3, 0.4) is 0 Å². The predicted octanol–water partition coefficient (Wildman–Crippen LogP) is 2.64. The highest BCUT2D eigenvalue weighted by molar-refractivity contribution is 6.32. The van der Waals surface area contributed by atoms with Gasteiger partial charge in [-0.25, -0.2) is 0 Å². The lowest BCUT2D eigenvalue weighted by atomic mass is 10.3. The molecule has 0 unspecified atom stereocenters. The molecule has 0 N–H and O–H groups in total. The number of methoxy groups -OCH3 is 1. The van der Waals surface area contributed by atoms with E-state index in [1.165, 1.54) is 0 Å². The van der Waals surface area contributed by atoms with Crippen LogP contribution in [0, 0.1) is 11.3 Å². The van der Waals surface area contributed by atoms with E-state index < -0.39 is 0 Å². The van der Waals surface area contributed by atoms with Crippen molar-refractivity contribution >= 4 is 11.6 Å². The van der Waals surface area contributed by atoms with E-state index in [0.29, 0.717) is 29.5 Å². The van der Waals surface area contributed by atoms with Gasteiger partial charge in [-0.2, -0.15) is 5.26 Å². The Balaban J connectivity index is 2.65. The van der Waals surface area contributed by atoms with Crippen LogP contribution in [0.15, 0.2) is 18.2 Å². The first-order valence-electron chi connectivity index (χ1n) is 4.11. The molecule has 0 atom stereocenters. The van der Waals surface area contributed by atoms with E-state index in [1.54, 1.807) is 25.3 Å². The van der Waals surface area contributed by atoms with Crippen molar-refractivity contribution in [2.75, 3.05) is 13.7 Å². The standard InChI is InChI=1S/C10H10ClNO2/c1-13-8-3-4-10(9(11)7-8)14-6-2-5-12/h3-4,7H,2,6H2,1H3. The van der Waals surface area contributed by atoms with E-state index in [9.17, 15) is 0 Å². The molecule has 3 nitrogen and oxygen atoms in total. The molecule has 0 aliphatic carbocycles. The summed E-state index contributed by atoms with van der Waals surface area (Å²) in [6, 6.07) is 7.14. The maximum Gasteiger partial charge on any atom is 0.138 e. The quantitative estimate of drug-likeness (QED) is 0.719. The normalized spacial score (nSPS) is 9.21. The number of benzene rings is 1. The van der Waals surface area contributed by atoms with Gasteiger partial charge in [-0.15, -0.1) is 0 Å². The van der Waals surface area contributed by atoms with Gasteiger partial charge in [-0.05, 0) is 12.1 Å². The summed E-state index contributed by atoms with van der Waals surface area (Å²) < 4.78 is 10.2. The molecule has 0 fully saturated rings. The van der Waals surface area contributed by atoms with Crippen LogP contribution >= 0.6 is 11.6 Å². The fourth-order valence-electron chi connectivity index (χ4n) is 0.932. The molecule has 0 aliphatic heterocycles. The van der Waals surface area contributed by atoms with Crippen LogP contribution < -0.4 is 9.47 Å². The van der Waals surface area contributed by atoms with Crippen molar-refractivity contribution in [2.24, 2.45) is 0 Å². The minimum atomic E-state index is 0.350. The molecule has 0 aliphatic rings. The summed E-state index contributed by atoms with van der Waals surface area (Å²) >= 11 is 5.90. The van der Waals surface area contributed by atoms with Crippen LogP contribution in [0.4, 0.5) is 0 Å². The van der Waals surface area contributed by atoms with Crippen molar-refractivity contribution in [3.63, 3.8) is 0 Å². The number of rotatable bonds is 4. The second-order valence-electron chi connectivity index (χ2n) is 2.55. The minimum Gasteiger partial charge on any atom is -0.497 e. The predicted molar refractivity (Wildman–Crippen MR) is 53.7 cm³/mol. The third-order valence-corrected chi connectivity index (χ3v) is 1.91. The van der Waals surface area contributed by atoms with E-state index in [-0.39, 0.29) is 0 Å². The fourth-order valence-corrected chi connectivity index (χ4v) is 1.16. The largest absolute Gasteiger partial charge is 0.497 e. The maximum atomic E-state index is 8.31. The molecule has 0 aromatic heterocycles. The average Bonchev–Trinajstić information content (AvgIpc) is 2.20. The number of ether oxygens (including phenoxy) is 2. The molecule has 4 heteroatoms. The van der Waals surface area contributed by atoms with Gasteiger partial charge in [0.2, 0.25) is 0 Å². The van der Waals surface area contributed by atoms with Crippen molar-refractivity contribution in [2.45, 2.75) is 6.42 Å². The van der Waals surface area contributed by atoms with E-state index in [0.717, 1.165) is 0 Å². The van der Waals surface area contributed by atoms with Gasteiger partial charge in [0.25, 0.3) is 0 Å². The van der Waals surface area contributed by atoms with Gasteiger partial charge < -0.3 is 9.47 Å². The third kappa shape index (κ3) is 2.82. The summed E-state index contributed by atoms with van der Waals surface area (Å²) in [7, 11) is 1.57. The zero-order chi connectivity index (χ0) is 10.4. The lowest BCUT2D eigenvalue weighted by Crippen LogP contribution is -1.96. The van der Waals surface area contributed by atoms with Crippen LogP contribution in [0.2, 0.25) is 5.02 Å². The molecule has 0 radical (unpaired) electrons. The molecule has 0 bridgehead atoms. The first-order chi connectivity index (χ1) is 6.77. The molecule has 1 rings (SSSR count). The first-order valence-corrected chi connectivity index (χ1v) is 4.49. The molecule has 14 heavy (non-hydrogen) atoms. The van der Waals surface area contributed by atoms with E-state index in [1.807, 2.05) is 6.07 Å². The van der Waals surface area contributed by atoms with Crippen LogP contribution in [0.1, 0.15) is 6.42 Å². The molecule has 0 spiro atoms. The highest BCUT2D eigenvalue weighted by atomic mass is 35.5. The van der Waals surface area contributed by atoms with Crippen molar-refractivity contribution < 1.29 is 9.47 Å². The summed E-state index contributed by atoms with van der Waals surface area (Å²) in [6.07, 6.45) is 0.350. The van der Waals surface area contributed by atoms with Gasteiger partial charge >= 0.3 is 0 Å². The number of nitriles is 1. The molecule has 1 aromatic rings. The van der Waals surface area contributed by atoms with Crippen molar-refractivity contribution in [3.05, 3.63) is 23.2 Å². The Morgan fingerprint density at radius 3 is 2.86 bits per heavy atom. The molecule has 0 saturated carbocycles. The van der Waals surface area contributed by atoms with Gasteiger partial charge in [-0.1, -0.05) is 11.6 Å². The number of hydrogen-bond acceptors (Lipinski definition) is 3. The monoisotopic (exact) mass is 211 g/mol. The molecule has 0 heterocycles.